The van der Waals surface area contributed by atoms with Gasteiger partial charge in [-0.05, 0) is 5.92 Å². The summed E-state index contributed by atoms with van der Waals surface area (Å²) in [4.78, 5) is 0. The average molecular weight is 208 g/mol. The van der Waals surface area contributed by atoms with Crippen LogP contribution in [0.15, 0.2) is 0 Å². The molecule has 1 N–H and O–H groups in total. The van der Waals surface area contributed by atoms with E-state index < -0.39 is 15.3 Å². The third kappa shape index (κ3) is 6.05. The van der Waals surface area contributed by atoms with Crippen LogP contribution in [-0.2, 0) is 9.84 Å². The largest absolute Gasteiger partial charge is 0.396 e. The first-order chi connectivity index (χ1) is 5.68. The highest BCUT2D eigenvalue weighted by Crippen LogP contribution is 2.18. The quantitative estimate of drug-likeness (QED) is 0.735. The fourth-order valence-corrected chi connectivity index (χ4v) is 3.62. The van der Waals surface area contributed by atoms with Gasteiger partial charge >= 0.3 is 0 Å². The number of aliphatic hydroxyl groups excluding tert-OH is 1. The molecule has 0 fully saturated rings. The lowest BCUT2D eigenvalue weighted by Gasteiger charge is -2.21. The molecule has 4 heteroatoms. The molecular formula is C9H20O3S. The first-order valence-corrected chi connectivity index (χ1v) is 6.32. The smallest absolute Gasteiger partial charge is 0.151 e. The Labute approximate surface area is 81.1 Å². The Bertz CT molecular complexity index is 240. The topological polar surface area (TPSA) is 54.4 Å². The zero-order valence-electron chi connectivity index (χ0n) is 8.87. The molecule has 0 aliphatic rings. The normalized spacial score (nSPS) is 13.7. The predicted octanol–water partition coefficient (Wildman–Crippen LogP) is 1.08. The average Bonchev–Trinajstić information content (AvgIpc) is 1.81. The van der Waals surface area contributed by atoms with E-state index in [1.807, 2.05) is 13.8 Å². The summed E-state index contributed by atoms with van der Waals surface area (Å²) in [6, 6.07) is 0. The van der Waals surface area contributed by atoms with Crippen molar-refractivity contribution in [3.8, 4) is 0 Å². The molecule has 0 aromatic rings. The van der Waals surface area contributed by atoms with Gasteiger partial charge in [-0.3, -0.25) is 0 Å². The number of rotatable bonds is 5. The molecule has 0 radical (unpaired) electrons. The summed E-state index contributed by atoms with van der Waals surface area (Å²) < 4.78 is 23.0. The lowest BCUT2D eigenvalue weighted by molar-refractivity contribution is 0.178. The van der Waals surface area contributed by atoms with Gasteiger partial charge in [0.05, 0.1) is 11.5 Å². The summed E-state index contributed by atoms with van der Waals surface area (Å²) in [5.41, 5.74) is -0.520. The zero-order chi connectivity index (χ0) is 10.7. The van der Waals surface area contributed by atoms with Crippen LogP contribution in [-0.4, -0.2) is 31.6 Å². The van der Waals surface area contributed by atoms with Crippen molar-refractivity contribution in [3.63, 3.8) is 0 Å². The lowest BCUT2D eigenvalue weighted by atomic mass is 9.98. The standard InChI is InChI=1S/C9H20O3S/c1-8(2)5-13(11,12)7-9(3,4)6-10/h8,10H,5-7H2,1-4H3. The van der Waals surface area contributed by atoms with Gasteiger partial charge in [-0.2, -0.15) is 0 Å². The van der Waals surface area contributed by atoms with Crippen molar-refractivity contribution in [3.05, 3.63) is 0 Å². The summed E-state index contributed by atoms with van der Waals surface area (Å²) in [5, 5.41) is 8.93. The van der Waals surface area contributed by atoms with E-state index in [0.29, 0.717) is 0 Å². The molecule has 0 heterocycles. The highest BCUT2D eigenvalue weighted by molar-refractivity contribution is 7.91. The lowest BCUT2D eigenvalue weighted by Crippen LogP contribution is -2.30. The molecule has 0 aliphatic heterocycles. The molecule has 13 heavy (non-hydrogen) atoms. The van der Waals surface area contributed by atoms with Gasteiger partial charge in [0.2, 0.25) is 0 Å². The fourth-order valence-electron chi connectivity index (χ4n) is 1.21. The molecule has 0 aliphatic carbocycles. The van der Waals surface area contributed by atoms with Gasteiger partial charge in [0, 0.05) is 12.0 Å². The molecule has 0 spiro atoms. The van der Waals surface area contributed by atoms with E-state index in [4.69, 9.17) is 5.11 Å². The van der Waals surface area contributed by atoms with Crippen LogP contribution in [0.4, 0.5) is 0 Å². The van der Waals surface area contributed by atoms with Crippen LogP contribution in [0.5, 0.6) is 0 Å². The molecule has 0 saturated heterocycles. The molecule has 0 amide bonds. The number of aliphatic hydroxyl groups is 1. The molecule has 3 nitrogen and oxygen atoms in total. The molecule has 80 valence electrons. The molecule has 0 unspecified atom stereocenters. The second kappa shape index (κ2) is 4.42. The van der Waals surface area contributed by atoms with Gasteiger partial charge in [-0.25, -0.2) is 8.42 Å². The molecule has 0 atom stereocenters. The minimum absolute atomic E-state index is 0.0642. The Kier molecular flexibility index (Phi) is 4.39. The number of sulfone groups is 1. The van der Waals surface area contributed by atoms with E-state index in [2.05, 4.69) is 0 Å². The molecule has 0 saturated carbocycles. The minimum Gasteiger partial charge on any atom is -0.396 e. The van der Waals surface area contributed by atoms with Crippen LogP contribution < -0.4 is 0 Å². The maximum absolute atomic E-state index is 11.5. The van der Waals surface area contributed by atoms with Crippen molar-refractivity contribution in [2.24, 2.45) is 11.3 Å². The van der Waals surface area contributed by atoms with E-state index in [0.717, 1.165) is 0 Å². The van der Waals surface area contributed by atoms with Crippen molar-refractivity contribution >= 4 is 9.84 Å². The minimum atomic E-state index is -3.01. The van der Waals surface area contributed by atoms with E-state index in [1.54, 1.807) is 13.8 Å². The number of hydrogen-bond acceptors (Lipinski definition) is 3. The Morgan fingerprint density at radius 2 is 1.77 bits per heavy atom. The summed E-state index contributed by atoms with van der Waals surface area (Å²) in [6.07, 6.45) is 0. The summed E-state index contributed by atoms with van der Waals surface area (Å²) in [6.45, 7) is 7.17. The first kappa shape index (κ1) is 12.9. The van der Waals surface area contributed by atoms with Crippen molar-refractivity contribution in [2.45, 2.75) is 27.7 Å². The van der Waals surface area contributed by atoms with Crippen LogP contribution in [0, 0.1) is 11.3 Å². The fraction of sp³-hybridized carbons (Fsp3) is 1.00. The Balaban J connectivity index is 4.35. The molecule has 0 aromatic carbocycles. The van der Waals surface area contributed by atoms with Gasteiger partial charge in [0.15, 0.2) is 9.84 Å². The molecule has 0 rings (SSSR count). The van der Waals surface area contributed by atoms with Crippen molar-refractivity contribution < 1.29 is 13.5 Å². The summed E-state index contributed by atoms with van der Waals surface area (Å²) in [7, 11) is -3.01. The van der Waals surface area contributed by atoms with E-state index in [9.17, 15) is 8.42 Å². The maximum atomic E-state index is 11.5. The van der Waals surface area contributed by atoms with Gasteiger partial charge in [-0.1, -0.05) is 27.7 Å². The third-order valence-corrected chi connectivity index (χ3v) is 4.02. The van der Waals surface area contributed by atoms with Gasteiger partial charge < -0.3 is 5.11 Å². The first-order valence-electron chi connectivity index (χ1n) is 4.50. The summed E-state index contributed by atoms with van der Waals surface area (Å²) >= 11 is 0. The van der Waals surface area contributed by atoms with Gasteiger partial charge in [0.1, 0.15) is 0 Å². The molecule has 0 bridgehead atoms. The van der Waals surface area contributed by atoms with Crippen LogP contribution in [0.2, 0.25) is 0 Å². The Morgan fingerprint density at radius 1 is 1.31 bits per heavy atom. The SMILES string of the molecule is CC(C)CS(=O)(=O)CC(C)(C)CO. The maximum Gasteiger partial charge on any atom is 0.151 e. The van der Waals surface area contributed by atoms with Gasteiger partial charge in [-0.15, -0.1) is 0 Å². The van der Waals surface area contributed by atoms with E-state index in [-0.39, 0.29) is 24.0 Å². The molecular weight excluding hydrogens is 188 g/mol. The van der Waals surface area contributed by atoms with Gasteiger partial charge in [0.25, 0.3) is 0 Å². The van der Waals surface area contributed by atoms with E-state index >= 15 is 0 Å². The van der Waals surface area contributed by atoms with Crippen LogP contribution in [0.1, 0.15) is 27.7 Å². The van der Waals surface area contributed by atoms with E-state index in [1.165, 1.54) is 0 Å². The zero-order valence-corrected chi connectivity index (χ0v) is 9.69. The highest BCUT2D eigenvalue weighted by Gasteiger charge is 2.25. The Hall–Kier alpha value is -0.0900. The second-order valence-corrected chi connectivity index (χ2v) is 6.88. The molecule has 0 aromatic heterocycles. The van der Waals surface area contributed by atoms with Crippen molar-refractivity contribution in [2.75, 3.05) is 18.1 Å². The predicted molar refractivity (Wildman–Crippen MR) is 54.4 cm³/mol. The van der Waals surface area contributed by atoms with Crippen molar-refractivity contribution in [1.29, 1.82) is 0 Å². The second-order valence-electron chi connectivity index (χ2n) is 4.77. The van der Waals surface area contributed by atoms with Crippen molar-refractivity contribution in [1.82, 2.24) is 0 Å². The van der Waals surface area contributed by atoms with Crippen LogP contribution in [0.25, 0.3) is 0 Å². The highest BCUT2D eigenvalue weighted by atomic mass is 32.2. The monoisotopic (exact) mass is 208 g/mol. The number of hydrogen-bond donors (Lipinski definition) is 1. The Morgan fingerprint density at radius 3 is 2.08 bits per heavy atom. The third-order valence-electron chi connectivity index (χ3n) is 1.63. The van der Waals surface area contributed by atoms with Crippen LogP contribution in [0.3, 0.4) is 0 Å². The summed E-state index contributed by atoms with van der Waals surface area (Å²) in [5.74, 6) is 0.421. The van der Waals surface area contributed by atoms with Crippen LogP contribution >= 0.6 is 0 Å².